The molecule has 0 saturated carbocycles. The highest BCUT2D eigenvalue weighted by Gasteiger charge is 2.09. The van der Waals surface area contributed by atoms with Crippen LogP contribution in [0.2, 0.25) is 5.02 Å². The molecule has 0 aliphatic carbocycles. The highest BCUT2D eigenvalue weighted by Crippen LogP contribution is 2.16. The molecule has 23 heavy (non-hydrogen) atoms. The molecule has 6 nitrogen and oxygen atoms in total. The minimum absolute atomic E-state index is 0.305. The molecule has 0 unspecified atom stereocenters. The molecule has 2 aromatic carbocycles. The molecule has 8 heteroatoms. The third kappa shape index (κ3) is 3.40. The topological polar surface area (TPSA) is 69.0 Å². The van der Waals surface area contributed by atoms with E-state index in [1.807, 2.05) is 0 Å². The summed E-state index contributed by atoms with van der Waals surface area (Å²) in [7, 11) is 0. The second kappa shape index (κ2) is 6.21. The molecule has 0 aliphatic rings. The number of aryl methyl sites for hydroxylation is 1. The van der Waals surface area contributed by atoms with Gasteiger partial charge in [0.05, 0.1) is 0 Å². The smallest absolute Gasteiger partial charge is 0.265 e. The molecule has 1 aromatic heterocycles. The quantitative estimate of drug-likeness (QED) is 0.796. The SMILES string of the molecule is Cc1ccc(NC(=O)COn2nnc3ccc(Cl)cc32)cc1F. The van der Waals surface area contributed by atoms with Gasteiger partial charge in [-0.2, -0.15) is 0 Å². The van der Waals surface area contributed by atoms with Gasteiger partial charge in [0.15, 0.2) is 6.61 Å². The largest absolute Gasteiger partial charge is 0.385 e. The number of aromatic nitrogens is 3. The van der Waals surface area contributed by atoms with Crippen LogP contribution in [0.4, 0.5) is 10.1 Å². The first-order chi connectivity index (χ1) is 11.0. The molecule has 0 fully saturated rings. The Morgan fingerprint density at radius 3 is 2.96 bits per heavy atom. The number of hydrogen-bond acceptors (Lipinski definition) is 4. The van der Waals surface area contributed by atoms with Gasteiger partial charge in [0, 0.05) is 10.7 Å². The molecule has 1 N–H and O–H groups in total. The Balaban J connectivity index is 1.66. The summed E-state index contributed by atoms with van der Waals surface area (Å²) in [6.07, 6.45) is 0. The summed E-state index contributed by atoms with van der Waals surface area (Å²) in [6, 6.07) is 9.45. The molecule has 1 amide bonds. The van der Waals surface area contributed by atoms with Crippen molar-refractivity contribution in [3.05, 3.63) is 52.8 Å². The Labute approximate surface area is 135 Å². The summed E-state index contributed by atoms with van der Waals surface area (Å²) in [5.41, 5.74) is 2.00. The van der Waals surface area contributed by atoms with Crippen molar-refractivity contribution in [2.45, 2.75) is 6.92 Å². The Morgan fingerprint density at radius 1 is 1.35 bits per heavy atom. The van der Waals surface area contributed by atoms with Crippen molar-refractivity contribution in [1.82, 2.24) is 15.2 Å². The molecule has 1 heterocycles. The van der Waals surface area contributed by atoms with Crippen LogP contribution in [0.3, 0.4) is 0 Å². The highest BCUT2D eigenvalue weighted by atomic mass is 35.5. The Kier molecular flexibility index (Phi) is 4.12. The van der Waals surface area contributed by atoms with Crippen molar-refractivity contribution in [3.63, 3.8) is 0 Å². The number of fused-ring (bicyclic) bond motifs is 1. The van der Waals surface area contributed by atoms with Crippen molar-refractivity contribution in [3.8, 4) is 0 Å². The van der Waals surface area contributed by atoms with E-state index in [1.165, 1.54) is 6.07 Å². The van der Waals surface area contributed by atoms with Crippen molar-refractivity contribution in [1.29, 1.82) is 0 Å². The lowest BCUT2D eigenvalue weighted by Crippen LogP contribution is -2.26. The van der Waals surface area contributed by atoms with Crippen LogP contribution in [-0.4, -0.2) is 27.7 Å². The van der Waals surface area contributed by atoms with Gasteiger partial charge >= 0.3 is 0 Å². The van der Waals surface area contributed by atoms with E-state index in [0.717, 1.165) is 4.85 Å². The predicted molar refractivity (Wildman–Crippen MR) is 83.8 cm³/mol. The number of hydrogen-bond donors (Lipinski definition) is 1. The first-order valence-electron chi connectivity index (χ1n) is 6.73. The molecule has 0 atom stereocenters. The van der Waals surface area contributed by atoms with E-state index < -0.39 is 5.91 Å². The lowest BCUT2D eigenvalue weighted by molar-refractivity contribution is -0.121. The van der Waals surface area contributed by atoms with E-state index in [-0.39, 0.29) is 12.4 Å². The molecule has 0 radical (unpaired) electrons. The molecule has 118 valence electrons. The molecule has 3 aromatic rings. The van der Waals surface area contributed by atoms with E-state index in [1.54, 1.807) is 37.3 Å². The minimum atomic E-state index is -0.445. The number of halogens is 2. The van der Waals surface area contributed by atoms with Crippen LogP contribution in [-0.2, 0) is 4.79 Å². The molecular formula is C15H12ClFN4O2. The van der Waals surface area contributed by atoms with Gasteiger partial charge in [-0.3, -0.25) is 4.79 Å². The fourth-order valence-corrected chi connectivity index (χ4v) is 2.12. The van der Waals surface area contributed by atoms with Crippen LogP contribution in [0.25, 0.3) is 11.0 Å². The number of carbonyl (C=O) groups is 1. The second-order valence-electron chi connectivity index (χ2n) is 4.88. The van der Waals surface area contributed by atoms with E-state index in [2.05, 4.69) is 15.6 Å². The first kappa shape index (κ1) is 15.2. The van der Waals surface area contributed by atoms with Gasteiger partial charge in [-0.25, -0.2) is 4.39 Å². The van der Waals surface area contributed by atoms with Crippen LogP contribution in [0.15, 0.2) is 36.4 Å². The summed E-state index contributed by atoms with van der Waals surface area (Å²) in [6.45, 7) is 1.34. The summed E-state index contributed by atoms with van der Waals surface area (Å²) < 4.78 is 13.4. The third-order valence-corrected chi connectivity index (χ3v) is 3.39. The zero-order valence-electron chi connectivity index (χ0n) is 12.1. The van der Waals surface area contributed by atoms with Crippen molar-refractivity contribution >= 4 is 34.2 Å². The van der Waals surface area contributed by atoms with Gasteiger partial charge in [-0.15, -0.1) is 5.10 Å². The van der Waals surface area contributed by atoms with Gasteiger partial charge in [0.1, 0.15) is 16.9 Å². The van der Waals surface area contributed by atoms with Crippen molar-refractivity contribution in [2.75, 3.05) is 11.9 Å². The maximum absolute atomic E-state index is 13.4. The van der Waals surface area contributed by atoms with Gasteiger partial charge in [0.2, 0.25) is 0 Å². The van der Waals surface area contributed by atoms with Crippen LogP contribution in [0.5, 0.6) is 0 Å². The Bertz CT molecular complexity index is 881. The summed E-state index contributed by atoms with van der Waals surface area (Å²) >= 11 is 5.91. The predicted octanol–water partition coefficient (Wildman–Crippen LogP) is 2.60. The van der Waals surface area contributed by atoms with E-state index in [9.17, 15) is 9.18 Å². The first-order valence-corrected chi connectivity index (χ1v) is 7.11. The van der Waals surface area contributed by atoms with Crippen molar-refractivity contribution < 1.29 is 14.0 Å². The molecule has 0 aliphatic heterocycles. The third-order valence-electron chi connectivity index (χ3n) is 3.15. The van der Waals surface area contributed by atoms with Crippen LogP contribution < -0.4 is 10.2 Å². The van der Waals surface area contributed by atoms with E-state index in [4.69, 9.17) is 16.4 Å². The number of rotatable bonds is 4. The number of carbonyl (C=O) groups excluding carboxylic acids is 1. The molecule has 0 spiro atoms. The number of nitrogens with one attached hydrogen (secondary N) is 1. The highest BCUT2D eigenvalue weighted by molar-refractivity contribution is 6.31. The van der Waals surface area contributed by atoms with Crippen LogP contribution in [0.1, 0.15) is 5.56 Å². The number of amides is 1. The fraction of sp³-hybridized carbons (Fsp3) is 0.133. The fourth-order valence-electron chi connectivity index (χ4n) is 1.95. The lowest BCUT2D eigenvalue weighted by Gasteiger charge is -2.07. The average Bonchev–Trinajstić information content (AvgIpc) is 2.91. The van der Waals surface area contributed by atoms with E-state index in [0.29, 0.717) is 27.3 Å². The van der Waals surface area contributed by atoms with Gasteiger partial charge in [-0.1, -0.05) is 22.5 Å². The standard InChI is InChI=1S/C15H12ClFN4O2/c1-9-2-4-11(7-12(9)17)18-15(22)8-23-21-14-6-10(16)3-5-13(14)19-20-21/h2-7H,8H2,1H3,(H,18,22). The molecule has 0 bridgehead atoms. The molecular weight excluding hydrogens is 323 g/mol. The number of benzene rings is 2. The monoisotopic (exact) mass is 334 g/mol. The van der Waals surface area contributed by atoms with Crippen molar-refractivity contribution in [2.24, 2.45) is 0 Å². The Hall–Kier alpha value is -2.67. The molecule has 0 saturated heterocycles. The van der Waals surface area contributed by atoms with Gasteiger partial charge in [0.25, 0.3) is 5.91 Å². The van der Waals surface area contributed by atoms with Crippen LogP contribution in [0, 0.1) is 12.7 Å². The van der Waals surface area contributed by atoms with Gasteiger partial charge in [-0.05, 0) is 48.0 Å². The summed E-state index contributed by atoms with van der Waals surface area (Å²) in [5.74, 6) is -0.834. The number of nitrogens with zero attached hydrogens (tertiary/aromatic N) is 3. The Morgan fingerprint density at radius 2 is 2.17 bits per heavy atom. The summed E-state index contributed by atoms with van der Waals surface area (Å²) in [5, 5.41) is 10.7. The molecule has 3 rings (SSSR count). The normalized spacial score (nSPS) is 10.7. The zero-order valence-corrected chi connectivity index (χ0v) is 12.8. The summed E-state index contributed by atoms with van der Waals surface area (Å²) in [4.78, 5) is 18.3. The maximum Gasteiger partial charge on any atom is 0.265 e. The average molecular weight is 335 g/mol. The van der Waals surface area contributed by atoms with Gasteiger partial charge < -0.3 is 10.2 Å². The van der Waals surface area contributed by atoms with Crippen LogP contribution >= 0.6 is 11.6 Å². The number of anilines is 1. The lowest BCUT2D eigenvalue weighted by atomic mass is 10.2. The second-order valence-corrected chi connectivity index (χ2v) is 5.32. The maximum atomic E-state index is 13.4. The zero-order chi connectivity index (χ0) is 16.4. The minimum Gasteiger partial charge on any atom is -0.385 e. The van der Waals surface area contributed by atoms with E-state index >= 15 is 0 Å².